The van der Waals surface area contributed by atoms with Gasteiger partial charge in [-0.15, -0.1) is 0 Å². The van der Waals surface area contributed by atoms with E-state index in [9.17, 15) is 0 Å². The molecule has 1 unspecified atom stereocenters. The van der Waals surface area contributed by atoms with Crippen LogP contribution in [0.2, 0.25) is 0 Å². The Morgan fingerprint density at radius 2 is 2.00 bits per heavy atom. The lowest BCUT2D eigenvalue weighted by Gasteiger charge is -2.18. The van der Waals surface area contributed by atoms with E-state index >= 15 is 0 Å². The van der Waals surface area contributed by atoms with E-state index in [1.54, 1.807) is 12.5 Å². The summed E-state index contributed by atoms with van der Waals surface area (Å²) in [7, 11) is 0. The second-order valence-electron chi connectivity index (χ2n) is 4.47. The van der Waals surface area contributed by atoms with E-state index in [0.29, 0.717) is 0 Å². The maximum atomic E-state index is 4.37. The Balaban J connectivity index is 2.11. The second-order valence-corrected chi connectivity index (χ2v) is 5.72. The molecule has 1 aromatic carbocycles. The molecule has 1 atom stereocenters. The summed E-state index contributed by atoms with van der Waals surface area (Å²) in [4.78, 5) is 8.36. The van der Waals surface area contributed by atoms with Crippen molar-refractivity contribution in [2.24, 2.45) is 0 Å². The average Bonchev–Trinajstić information content (AvgIpc) is 2.46. The zero-order valence-electron chi connectivity index (χ0n) is 11.0. The van der Waals surface area contributed by atoms with Gasteiger partial charge < -0.3 is 5.32 Å². The van der Waals surface area contributed by atoms with Crippen molar-refractivity contribution in [3.8, 4) is 0 Å². The molecule has 0 aliphatic heterocycles. The molecular weight excluding hydrogens is 349 g/mol. The molecule has 1 aromatic heterocycles. The Labute approximate surface area is 128 Å². The number of benzene rings is 1. The highest BCUT2D eigenvalue weighted by Crippen LogP contribution is 2.17. The molecule has 19 heavy (non-hydrogen) atoms. The van der Waals surface area contributed by atoms with Crippen LogP contribution in [0.15, 0.2) is 42.9 Å². The number of nitrogens with one attached hydrogen (secondary N) is 1. The van der Waals surface area contributed by atoms with Crippen molar-refractivity contribution in [3.63, 3.8) is 0 Å². The van der Waals surface area contributed by atoms with Crippen LogP contribution in [0, 0.1) is 3.57 Å². The van der Waals surface area contributed by atoms with E-state index in [1.165, 1.54) is 9.13 Å². The first-order valence-corrected chi connectivity index (χ1v) is 7.61. The summed E-state index contributed by atoms with van der Waals surface area (Å²) in [6.07, 6.45) is 5.49. The fourth-order valence-corrected chi connectivity index (χ4v) is 2.32. The normalized spacial score (nSPS) is 12.3. The summed E-state index contributed by atoms with van der Waals surface area (Å²) in [5.41, 5.74) is 2.38. The van der Waals surface area contributed by atoms with Gasteiger partial charge in [0.05, 0.1) is 11.7 Å². The minimum atomic E-state index is 0.253. The molecule has 0 bridgehead atoms. The molecule has 1 N–H and O–H groups in total. The first-order valence-electron chi connectivity index (χ1n) is 6.53. The molecule has 4 heteroatoms. The van der Waals surface area contributed by atoms with Crippen LogP contribution in [0.25, 0.3) is 0 Å². The molecule has 0 amide bonds. The van der Waals surface area contributed by atoms with Gasteiger partial charge in [-0.05, 0) is 65.7 Å². The number of aromatic nitrogens is 2. The van der Waals surface area contributed by atoms with Crippen molar-refractivity contribution in [1.82, 2.24) is 15.3 Å². The van der Waals surface area contributed by atoms with Crippen molar-refractivity contribution in [3.05, 3.63) is 57.7 Å². The Bertz CT molecular complexity index is 485. The van der Waals surface area contributed by atoms with Crippen LogP contribution in [0.5, 0.6) is 0 Å². The van der Waals surface area contributed by atoms with E-state index in [2.05, 4.69) is 69.1 Å². The maximum absolute atomic E-state index is 4.37. The lowest BCUT2D eigenvalue weighted by atomic mass is 10.0. The van der Waals surface area contributed by atoms with E-state index < -0.39 is 0 Å². The molecule has 0 spiro atoms. The molecular formula is C15H18IN3. The van der Waals surface area contributed by atoms with Gasteiger partial charge in [-0.1, -0.05) is 19.1 Å². The second kappa shape index (κ2) is 7.55. The van der Waals surface area contributed by atoms with E-state index in [4.69, 9.17) is 0 Å². The molecule has 3 nitrogen and oxygen atoms in total. The Morgan fingerprint density at radius 3 is 2.63 bits per heavy atom. The van der Waals surface area contributed by atoms with E-state index in [1.807, 2.05) is 6.07 Å². The minimum absolute atomic E-state index is 0.253. The largest absolute Gasteiger partial charge is 0.308 e. The number of rotatable bonds is 6. The van der Waals surface area contributed by atoms with Gasteiger partial charge in [0.1, 0.15) is 6.33 Å². The number of halogens is 1. The summed E-state index contributed by atoms with van der Waals surface area (Å²) < 4.78 is 1.27. The third kappa shape index (κ3) is 4.54. The summed E-state index contributed by atoms with van der Waals surface area (Å²) in [5, 5.41) is 3.56. The summed E-state index contributed by atoms with van der Waals surface area (Å²) in [5.74, 6) is 0. The monoisotopic (exact) mass is 367 g/mol. The zero-order chi connectivity index (χ0) is 13.5. The van der Waals surface area contributed by atoms with Crippen molar-refractivity contribution in [2.45, 2.75) is 25.8 Å². The fourth-order valence-electron chi connectivity index (χ4n) is 1.96. The molecule has 1 heterocycles. The standard InChI is InChI=1S/C15H18IN3/c1-2-8-18-15(14-7-9-17-11-19-14)10-12-3-5-13(16)6-4-12/h3-7,9,11,15,18H,2,8,10H2,1H3. The van der Waals surface area contributed by atoms with Gasteiger partial charge in [-0.2, -0.15) is 0 Å². The quantitative estimate of drug-likeness (QED) is 0.796. The van der Waals surface area contributed by atoms with Crippen molar-refractivity contribution < 1.29 is 0 Å². The first-order chi connectivity index (χ1) is 9.29. The lowest BCUT2D eigenvalue weighted by molar-refractivity contribution is 0.517. The average molecular weight is 367 g/mol. The summed E-state index contributed by atoms with van der Waals surface area (Å²) >= 11 is 2.33. The lowest BCUT2D eigenvalue weighted by Crippen LogP contribution is -2.25. The van der Waals surface area contributed by atoms with Crippen molar-refractivity contribution in [1.29, 1.82) is 0 Å². The molecule has 2 aromatic rings. The Morgan fingerprint density at radius 1 is 1.21 bits per heavy atom. The molecule has 0 aliphatic rings. The zero-order valence-corrected chi connectivity index (χ0v) is 13.2. The van der Waals surface area contributed by atoms with Crippen LogP contribution in [0.1, 0.15) is 30.6 Å². The Hall–Kier alpha value is -1.01. The SMILES string of the molecule is CCCNC(Cc1ccc(I)cc1)c1ccncn1. The van der Waals surface area contributed by atoms with Gasteiger partial charge >= 0.3 is 0 Å². The molecule has 2 rings (SSSR count). The highest BCUT2D eigenvalue weighted by molar-refractivity contribution is 14.1. The van der Waals surface area contributed by atoms with Gasteiger partial charge in [0, 0.05) is 9.77 Å². The molecule has 0 aliphatic carbocycles. The minimum Gasteiger partial charge on any atom is -0.308 e. The molecule has 0 saturated heterocycles. The third-order valence-electron chi connectivity index (χ3n) is 2.96. The first kappa shape index (κ1) is 14.4. The maximum Gasteiger partial charge on any atom is 0.115 e. The number of hydrogen-bond donors (Lipinski definition) is 1. The molecule has 0 saturated carbocycles. The fraction of sp³-hybridized carbons (Fsp3) is 0.333. The third-order valence-corrected chi connectivity index (χ3v) is 3.67. The number of hydrogen-bond acceptors (Lipinski definition) is 3. The molecule has 0 fully saturated rings. The van der Waals surface area contributed by atoms with E-state index in [0.717, 1.165) is 25.1 Å². The smallest absolute Gasteiger partial charge is 0.115 e. The van der Waals surface area contributed by atoms with Gasteiger partial charge in [0.2, 0.25) is 0 Å². The van der Waals surface area contributed by atoms with Crippen LogP contribution in [0.3, 0.4) is 0 Å². The van der Waals surface area contributed by atoms with Crippen LogP contribution in [0.4, 0.5) is 0 Å². The van der Waals surface area contributed by atoms with Gasteiger partial charge in [-0.3, -0.25) is 0 Å². The predicted molar refractivity (Wildman–Crippen MR) is 85.9 cm³/mol. The highest BCUT2D eigenvalue weighted by atomic mass is 127. The topological polar surface area (TPSA) is 37.8 Å². The molecule has 0 radical (unpaired) electrons. The summed E-state index contributed by atoms with van der Waals surface area (Å²) in [6.45, 7) is 3.17. The van der Waals surface area contributed by atoms with Gasteiger partial charge in [0.15, 0.2) is 0 Å². The van der Waals surface area contributed by atoms with Crippen LogP contribution < -0.4 is 5.32 Å². The highest BCUT2D eigenvalue weighted by Gasteiger charge is 2.12. The molecule has 100 valence electrons. The van der Waals surface area contributed by atoms with Crippen molar-refractivity contribution >= 4 is 22.6 Å². The predicted octanol–water partition coefficient (Wildman–Crippen LogP) is 3.36. The van der Waals surface area contributed by atoms with Gasteiger partial charge in [-0.25, -0.2) is 9.97 Å². The number of nitrogens with zero attached hydrogens (tertiary/aromatic N) is 2. The van der Waals surface area contributed by atoms with Crippen LogP contribution in [-0.4, -0.2) is 16.5 Å². The Kier molecular flexibility index (Phi) is 5.72. The van der Waals surface area contributed by atoms with Crippen LogP contribution in [-0.2, 0) is 6.42 Å². The van der Waals surface area contributed by atoms with Crippen LogP contribution >= 0.6 is 22.6 Å². The van der Waals surface area contributed by atoms with Crippen molar-refractivity contribution in [2.75, 3.05) is 6.54 Å². The van der Waals surface area contributed by atoms with E-state index in [-0.39, 0.29) is 6.04 Å². The summed E-state index contributed by atoms with van der Waals surface area (Å²) in [6, 6.07) is 10.9. The van der Waals surface area contributed by atoms with Gasteiger partial charge in [0.25, 0.3) is 0 Å².